The molecule has 1 fully saturated rings. The quantitative estimate of drug-likeness (QED) is 0.630. The molecule has 1 aliphatic rings. The van der Waals surface area contributed by atoms with Gasteiger partial charge in [0.15, 0.2) is 0 Å². The van der Waals surface area contributed by atoms with Gasteiger partial charge in [-0.1, -0.05) is 0 Å². The summed E-state index contributed by atoms with van der Waals surface area (Å²) in [7, 11) is 2.18. The van der Waals surface area contributed by atoms with Gasteiger partial charge in [0.05, 0.1) is 15.3 Å². The van der Waals surface area contributed by atoms with Gasteiger partial charge in [0.1, 0.15) is 11.6 Å². The molecule has 1 atom stereocenters. The summed E-state index contributed by atoms with van der Waals surface area (Å²) in [4.78, 5) is 15.5. The number of hydrogen-bond donors (Lipinski definition) is 1. The standard InChI is InChI=1S/C20H24BrN5S/c1-13(18-6-7-19(21)27-18)22-20-16-12-15(26-10-8-25(3)9-11-26)4-5-17(16)23-14(2)24-20/h4-7,12-13H,8-11H2,1-3H3,(H,22,23,24). The molecule has 4 rings (SSSR count). The molecule has 2 aromatic heterocycles. The van der Waals surface area contributed by atoms with Crippen molar-refractivity contribution in [1.29, 1.82) is 0 Å². The van der Waals surface area contributed by atoms with E-state index in [4.69, 9.17) is 4.98 Å². The molecule has 1 saturated heterocycles. The van der Waals surface area contributed by atoms with E-state index in [9.17, 15) is 0 Å². The van der Waals surface area contributed by atoms with E-state index >= 15 is 0 Å². The summed E-state index contributed by atoms with van der Waals surface area (Å²) in [6.45, 7) is 8.42. The highest BCUT2D eigenvalue weighted by Crippen LogP contribution is 2.32. The first kappa shape index (κ1) is 18.7. The largest absolute Gasteiger partial charge is 0.369 e. The molecule has 0 saturated carbocycles. The number of anilines is 2. The number of likely N-dealkylation sites (N-methyl/N-ethyl adjacent to an activating group) is 1. The van der Waals surface area contributed by atoms with E-state index in [0.29, 0.717) is 0 Å². The van der Waals surface area contributed by atoms with E-state index in [-0.39, 0.29) is 6.04 Å². The Balaban J connectivity index is 1.67. The summed E-state index contributed by atoms with van der Waals surface area (Å²) in [5, 5.41) is 4.69. The van der Waals surface area contributed by atoms with E-state index in [1.165, 1.54) is 10.6 Å². The van der Waals surface area contributed by atoms with Crippen LogP contribution in [0.25, 0.3) is 10.9 Å². The Bertz CT molecular complexity index is 949. The predicted octanol–water partition coefficient (Wildman–Crippen LogP) is 4.69. The molecule has 3 heterocycles. The minimum atomic E-state index is 0.186. The molecule has 5 nitrogen and oxygen atoms in total. The summed E-state index contributed by atoms with van der Waals surface area (Å²) >= 11 is 5.30. The van der Waals surface area contributed by atoms with Crippen LogP contribution in [0.2, 0.25) is 0 Å². The molecule has 1 unspecified atom stereocenters. The van der Waals surface area contributed by atoms with Crippen molar-refractivity contribution >= 4 is 49.7 Å². The van der Waals surface area contributed by atoms with Gasteiger partial charge >= 0.3 is 0 Å². The summed E-state index contributed by atoms with van der Waals surface area (Å²) in [5.74, 6) is 1.70. The first-order chi connectivity index (χ1) is 13.0. The highest BCUT2D eigenvalue weighted by Gasteiger charge is 2.17. The third-order valence-electron chi connectivity index (χ3n) is 5.03. The maximum atomic E-state index is 4.72. The first-order valence-corrected chi connectivity index (χ1v) is 10.8. The van der Waals surface area contributed by atoms with E-state index in [1.54, 1.807) is 11.3 Å². The second-order valence-electron chi connectivity index (χ2n) is 7.12. The van der Waals surface area contributed by atoms with Crippen LogP contribution in [0, 0.1) is 6.92 Å². The fraction of sp³-hybridized carbons (Fsp3) is 0.400. The molecular weight excluding hydrogens is 422 g/mol. The molecule has 0 aliphatic carbocycles. The highest BCUT2D eigenvalue weighted by atomic mass is 79.9. The SMILES string of the molecule is Cc1nc(NC(C)c2ccc(Br)s2)c2cc(N3CCN(C)CC3)ccc2n1. The Hall–Kier alpha value is -1.70. The monoisotopic (exact) mass is 445 g/mol. The Morgan fingerprint density at radius 2 is 1.89 bits per heavy atom. The third-order valence-corrected chi connectivity index (χ3v) is 6.84. The Kier molecular flexibility index (Phi) is 5.34. The fourth-order valence-corrected chi connectivity index (χ4v) is 4.87. The van der Waals surface area contributed by atoms with Gasteiger partial charge in [-0.25, -0.2) is 9.97 Å². The number of hydrogen-bond acceptors (Lipinski definition) is 6. The fourth-order valence-electron chi connectivity index (χ4n) is 3.44. The molecule has 1 aliphatic heterocycles. The molecule has 1 aromatic carbocycles. The molecule has 27 heavy (non-hydrogen) atoms. The van der Waals surface area contributed by atoms with Crippen molar-refractivity contribution in [3.8, 4) is 0 Å². The lowest BCUT2D eigenvalue weighted by Crippen LogP contribution is -2.44. The smallest absolute Gasteiger partial charge is 0.138 e. The topological polar surface area (TPSA) is 44.3 Å². The Labute approximate surface area is 172 Å². The summed E-state index contributed by atoms with van der Waals surface area (Å²) in [5.41, 5.74) is 2.24. The maximum Gasteiger partial charge on any atom is 0.138 e. The highest BCUT2D eigenvalue weighted by molar-refractivity contribution is 9.11. The van der Waals surface area contributed by atoms with E-state index in [0.717, 1.165) is 52.5 Å². The number of fused-ring (bicyclic) bond motifs is 1. The maximum absolute atomic E-state index is 4.72. The molecule has 3 aromatic rings. The number of halogens is 1. The van der Waals surface area contributed by atoms with Gasteiger partial charge in [0.25, 0.3) is 0 Å². The van der Waals surface area contributed by atoms with Gasteiger partial charge in [0, 0.05) is 42.1 Å². The zero-order valence-electron chi connectivity index (χ0n) is 15.9. The number of benzene rings is 1. The molecule has 0 radical (unpaired) electrons. The first-order valence-electron chi connectivity index (χ1n) is 9.23. The third kappa shape index (κ3) is 4.10. The summed E-state index contributed by atoms with van der Waals surface area (Å²) in [6.07, 6.45) is 0. The van der Waals surface area contributed by atoms with Crippen molar-refractivity contribution in [2.24, 2.45) is 0 Å². The van der Waals surface area contributed by atoms with Crippen LogP contribution in [0.1, 0.15) is 23.7 Å². The van der Waals surface area contributed by atoms with Crippen LogP contribution in [0.4, 0.5) is 11.5 Å². The molecule has 0 bridgehead atoms. The van der Waals surface area contributed by atoms with Gasteiger partial charge < -0.3 is 15.1 Å². The van der Waals surface area contributed by atoms with E-state index < -0.39 is 0 Å². The lowest BCUT2D eigenvalue weighted by Gasteiger charge is -2.34. The van der Waals surface area contributed by atoms with Crippen LogP contribution < -0.4 is 10.2 Å². The predicted molar refractivity (Wildman–Crippen MR) is 118 cm³/mol. The van der Waals surface area contributed by atoms with Crippen LogP contribution in [0.5, 0.6) is 0 Å². The van der Waals surface area contributed by atoms with Gasteiger partial charge in [-0.15, -0.1) is 11.3 Å². The number of piperazine rings is 1. The van der Waals surface area contributed by atoms with Crippen LogP contribution >= 0.6 is 27.3 Å². The Morgan fingerprint density at radius 3 is 2.59 bits per heavy atom. The zero-order valence-corrected chi connectivity index (χ0v) is 18.3. The Morgan fingerprint density at radius 1 is 1.11 bits per heavy atom. The van der Waals surface area contributed by atoms with Crippen LogP contribution in [-0.4, -0.2) is 48.1 Å². The van der Waals surface area contributed by atoms with Crippen molar-refractivity contribution in [2.75, 3.05) is 43.4 Å². The normalized spacial score (nSPS) is 16.7. The number of aryl methyl sites for hydroxylation is 1. The van der Waals surface area contributed by atoms with E-state index in [1.807, 2.05) is 6.92 Å². The number of nitrogens with one attached hydrogen (secondary N) is 1. The van der Waals surface area contributed by atoms with Crippen molar-refractivity contribution < 1.29 is 0 Å². The van der Waals surface area contributed by atoms with Crippen molar-refractivity contribution in [2.45, 2.75) is 19.9 Å². The van der Waals surface area contributed by atoms with Crippen molar-refractivity contribution in [3.05, 3.63) is 44.8 Å². The average Bonchev–Trinajstić information content (AvgIpc) is 3.08. The molecule has 7 heteroatoms. The van der Waals surface area contributed by atoms with E-state index in [2.05, 4.69) is 80.3 Å². The number of rotatable bonds is 4. The average molecular weight is 446 g/mol. The molecule has 1 N–H and O–H groups in total. The second-order valence-corrected chi connectivity index (χ2v) is 9.61. The van der Waals surface area contributed by atoms with Crippen molar-refractivity contribution in [1.82, 2.24) is 14.9 Å². The van der Waals surface area contributed by atoms with Gasteiger partial charge in [-0.2, -0.15) is 0 Å². The molecule has 142 valence electrons. The van der Waals surface area contributed by atoms with Crippen molar-refractivity contribution in [3.63, 3.8) is 0 Å². The van der Waals surface area contributed by atoms with Crippen LogP contribution in [-0.2, 0) is 0 Å². The minimum Gasteiger partial charge on any atom is -0.369 e. The zero-order chi connectivity index (χ0) is 19.0. The second kappa shape index (κ2) is 7.73. The minimum absolute atomic E-state index is 0.186. The number of thiophene rings is 1. The van der Waals surface area contributed by atoms with Crippen LogP contribution in [0.3, 0.4) is 0 Å². The van der Waals surface area contributed by atoms with Gasteiger partial charge in [-0.3, -0.25) is 0 Å². The lowest BCUT2D eigenvalue weighted by atomic mass is 10.1. The number of nitrogens with zero attached hydrogens (tertiary/aromatic N) is 4. The molecular formula is C20H24BrN5S. The summed E-state index contributed by atoms with van der Waals surface area (Å²) in [6, 6.07) is 11.0. The van der Waals surface area contributed by atoms with Gasteiger partial charge in [0.2, 0.25) is 0 Å². The lowest BCUT2D eigenvalue weighted by molar-refractivity contribution is 0.313. The van der Waals surface area contributed by atoms with Gasteiger partial charge in [-0.05, 0) is 67.2 Å². The number of aromatic nitrogens is 2. The summed E-state index contributed by atoms with van der Waals surface area (Å²) < 4.78 is 1.15. The molecule has 0 amide bonds. The molecule has 0 spiro atoms. The van der Waals surface area contributed by atoms with Crippen LogP contribution in [0.15, 0.2) is 34.1 Å².